The van der Waals surface area contributed by atoms with Gasteiger partial charge in [0.25, 0.3) is 0 Å². The third kappa shape index (κ3) is 2.33. The number of aromatic hydroxyl groups is 1. The van der Waals surface area contributed by atoms with Crippen LogP contribution in [0.1, 0.15) is 0 Å². The molecule has 1 aromatic heterocycles. The van der Waals surface area contributed by atoms with E-state index in [0.717, 1.165) is 0 Å². The average molecular weight is 214 g/mol. The van der Waals surface area contributed by atoms with E-state index in [1.54, 1.807) is 30.5 Å². The summed E-state index contributed by atoms with van der Waals surface area (Å²) in [5, 5.41) is 17.3. The zero-order valence-electron chi connectivity index (χ0n) is 8.41. The Labute approximate surface area is 92.3 Å². The summed E-state index contributed by atoms with van der Waals surface area (Å²) in [7, 11) is 0. The van der Waals surface area contributed by atoms with Gasteiger partial charge >= 0.3 is 0 Å². The first-order chi connectivity index (χ1) is 7.75. The number of nitrogens with zero attached hydrogens (tertiary/aromatic N) is 3. The second-order valence-corrected chi connectivity index (χ2v) is 3.14. The highest BCUT2D eigenvalue weighted by atomic mass is 16.3. The van der Waals surface area contributed by atoms with Crippen molar-refractivity contribution in [2.24, 2.45) is 10.2 Å². The normalized spacial score (nSPS) is 10.8. The maximum Gasteiger partial charge on any atom is 0.174 e. The molecular formula is C11H10N4O. The van der Waals surface area contributed by atoms with Crippen LogP contribution in [-0.4, -0.2) is 10.1 Å². The molecule has 0 aliphatic heterocycles. The summed E-state index contributed by atoms with van der Waals surface area (Å²) >= 11 is 0. The molecule has 3 N–H and O–H groups in total. The summed E-state index contributed by atoms with van der Waals surface area (Å²) in [5.74, 6) is 0.485. The Morgan fingerprint density at radius 1 is 1.12 bits per heavy atom. The molecule has 16 heavy (non-hydrogen) atoms. The number of rotatable bonds is 2. The van der Waals surface area contributed by atoms with Gasteiger partial charge in [0.05, 0.1) is 0 Å². The maximum absolute atomic E-state index is 9.52. The molecule has 0 amide bonds. The van der Waals surface area contributed by atoms with Gasteiger partial charge in [-0.15, -0.1) is 10.2 Å². The molecule has 1 heterocycles. The molecule has 0 atom stereocenters. The van der Waals surface area contributed by atoms with E-state index in [4.69, 9.17) is 5.73 Å². The van der Waals surface area contributed by atoms with Gasteiger partial charge in [-0.2, -0.15) is 0 Å². The minimum absolute atomic E-state index is 0.000295. The lowest BCUT2D eigenvalue weighted by atomic mass is 10.3. The molecule has 0 unspecified atom stereocenters. The van der Waals surface area contributed by atoms with Gasteiger partial charge in [-0.1, -0.05) is 6.07 Å². The summed E-state index contributed by atoms with van der Waals surface area (Å²) in [4.78, 5) is 3.97. The maximum atomic E-state index is 9.52. The van der Waals surface area contributed by atoms with Crippen LogP contribution < -0.4 is 5.73 Å². The Morgan fingerprint density at radius 3 is 2.69 bits per heavy atom. The number of nitrogens with two attached hydrogens (primary N) is 1. The van der Waals surface area contributed by atoms with Crippen LogP contribution in [0, 0.1) is 0 Å². The van der Waals surface area contributed by atoms with Crippen LogP contribution in [0.2, 0.25) is 0 Å². The van der Waals surface area contributed by atoms with Gasteiger partial charge in [-0.25, -0.2) is 4.98 Å². The zero-order chi connectivity index (χ0) is 11.4. The van der Waals surface area contributed by atoms with E-state index >= 15 is 0 Å². The molecule has 1 aromatic carbocycles. The number of aromatic nitrogens is 1. The van der Waals surface area contributed by atoms with Gasteiger partial charge in [0, 0.05) is 18.0 Å². The third-order valence-corrected chi connectivity index (χ3v) is 1.91. The Morgan fingerprint density at radius 2 is 2.00 bits per heavy atom. The average Bonchev–Trinajstić information content (AvgIpc) is 2.29. The second-order valence-electron chi connectivity index (χ2n) is 3.14. The first-order valence-corrected chi connectivity index (χ1v) is 4.67. The van der Waals surface area contributed by atoms with E-state index in [-0.39, 0.29) is 5.75 Å². The third-order valence-electron chi connectivity index (χ3n) is 1.91. The number of anilines is 1. The van der Waals surface area contributed by atoms with Crippen LogP contribution >= 0.6 is 0 Å². The lowest BCUT2D eigenvalue weighted by Crippen LogP contribution is -1.82. The highest BCUT2D eigenvalue weighted by Crippen LogP contribution is 2.29. The van der Waals surface area contributed by atoms with Gasteiger partial charge in [0.15, 0.2) is 5.82 Å². The summed E-state index contributed by atoms with van der Waals surface area (Å²) in [5.41, 5.74) is 6.33. The molecule has 5 heteroatoms. The summed E-state index contributed by atoms with van der Waals surface area (Å²) in [6.45, 7) is 0. The Hall–Kier alpha value is -2.43. The molecule has 80 valence electrons. The molecule has 2 rings (SSSR count). The molecule has 0 bridgehead atoms. The number of hydrogen-bond acceptors (Lipinski definition) is 5. The molecule has 0 radical (unpaired) electrons. The largest absolute Gasteiger partial charge is 0.506 e. The van der Waals surface area contributed by atoms with E-state index in [2.05, 4.69) is 15.2 Å². The predicted octanol–water partition coefficient (Wildman–Crippen LogP) is 2.78. The van der Waals surface area contributed by atoms with E-state index in [0.29, 0.717) is 17.2 Å². The number of nitrogen functional groups attached to an aromatic ring is 1. The fourth-order valence-corrected chi connectivity index (χ4v) is 1.14. The van der Waals surface area contributed by atoms with Crippen molar-refractivity contribution in [3.63, 3.8) is 0 Å². The van der Waals surface area contributed by atoms with E-state index < -0.39 is 0 Å². The lowest BCUT2D eigenvalue weighted by Gasteiger charge is -1.98. The highest BCUT2D eigenvalue weighted by molar-refractivity contribution is 5.58. The number of benzene rings is 1. The second kappa shape index (κ2) is 4.39. The number of phenols is 1. The standard InChI is InChI=1S/C11H10N4O/c12-8-4-5-9(10(16)7-8)14-15-11-3-1-2-6-13-11/h1-7,16H,12H2. The predicted molar refractivity (Wildman–Crippen MR) is 60.9 cm³/mol. The van der Waals surface area contributed by atoms with Gasteiger partial charge in [0.2, 0.25) is 0 Å². The van der Waals surface area contributed by atoms with Crippen molar-refractivity contribution in [1.29, 1.82) is 0 Å². The SMILES string of the molecule is Nc1ccc(N=Nc2ccccn2)c(O)c1. The molecule has 2 aromatic rings. The van der Waals surface area contributed by atoms with Crippen LogP contribution in [-0.2, 0) is 0 Å². The van der Waals surface area contributed by atoms with Gasteiger partial charge in [-0.3, -0.25) is 0 Å². The van der Waals surface area contributed by atoms with Crippen molar-refractivity contribution in [1.82, 2.24) is 4.98 Å². The molecular weight excluding hydrogens is 204 g/mol. The van der Waals surface area contributed by atoms with Crippen molar-refractivity contribution in [2.45, 2.75) is 0 Å². The number of azo groups is 1. The van der Waals surface area contributed by atoms with Gasteiger partial charge in [0.1, 0.15) is 11.4 Å². The number of pyridine rings is 1. The van der Waals surface area contributed by atoms with Gasteiger partial charge < -0.3 is 10.8 Å². The van der Waals surface area contributed by atoms with Crippen molar-refractivity contribution in [3.8, 4) is 5.75 Å². The fraction of sp³-hybridized carbons (Fsp3) is 0. The molecule has 0 aliphatic carbocycles. The Kier molecular flexibility index (Phi) is 2.77. The van der Waals surface area contributed by atoms with E-state index in [9.17, 15) is 5.11 Å². The Bertz CT molecular complexity index is 511. The number of phenolic OH excluding ortho intramolecular Hbond substituents is 1. The molecule has 0 fully saturated rings. The summed E-state index contributed by atoms with van der Waals surface area (Å²) in [6.07, 6.45) is 1.62. The molecule has 0 saturated carbocycles. The minimum atomic E-state index is -0.000295. The van der Waals surface area contributed by atoms with Crippen molar-refractivity contribution in [3.05, 3.63) is 42.6 Å². The fourth-order valence-electron chi connectivity index (χ4n) is 1.14. The molecule has 0 aliphatic rings. The van der Waals surface area contributed by atoms with Crippen LogP contribution in [0.4, 0.5) is 17.2 Å². The minimum Gasteiger partial charge on any atom is -0.506 e. The van der Waals surface area contributed by atoms with Gasteiger partial charge in [-0.05, 0) is 24.3 Å². The van der Waals surface area contributed by atoms with Crippen LogP contribution in [0.15, 0.2) is 52.8 Å². The smallest absolute Gasteiger partial charge is 0.174 e. The first kappa shape index (κ1) is 10.1. The van der Waals surface area contributed by atoms with E-state index in [1.807, 2.05) is 6.07 Å². The Balaban J connectivity index is 2.24. The summed E-state index contributed by atoms with van der Waals surface area (Å²) in [6, 6.07) is 9.98. The summed E-state index contributed by atoms with van der Waals surface area (Å²) < 4.78 is 0. The van der Waals surface area contributed by atoms with E-state index in [1.165, 1.54) is 6.07 Å². The number of hydrogen-bond donors (Lipinski definition) is 2. The molecule has 5 nitrogen and oxygen atoms in total. The monoisotopic (exact) mass is 214 g/mol. The quantitative estimate of drug-likeness (QED) is 0.595. The van der Waals surface area contributed by atoms with Crippen molar-refractivity contribution < 1.29 is 5.11 Å². The molecule has 0 spiro atoms. The van der Waals surface area contributed by atoms with Crippen molar-refractivity contribution in [2.75, 3.05) is 5.73 Å². The molecule has 0 saturated heterocycles. The first-order valence-electron chi connectivity index (χ1n) is 4.67. The van der Waals surface area contributed by atoms with Crippen LogP contribution in [0.5, 0.6) is 5.75 Å². The van der Waals surface area contributed by atoms with Crippen molar-refractivity contribution >= 4 is 17.2 Å². The topological polar surface area (TPSA) is 83.9 Å². The van der Waals surface area contributed by atoms with Crippen LogP contribution in [0.3, 0.4) is 0 Å². The lowest BCUT2D eigenvalue weighted by molar-refractivity contribution is 0.476. The van der Waals surface area contributed by atoms with Crippen LogP contribution in [0.25, 0.3) is 0 Å². The zero-order valence-corrected chi connectivity index (χ0v) is 8.41. The highest BCUT2D eigenvalue weighted by Gasteiger charge is 1.99.